The molecular weight excluding hydrogens is 219 g/mol. The lowest BCUT2D eigenvalue weighted by Gasteiger charge is -2.01. The monoisotopic (exact) mass is 230 g/mol. The van der Waals surface area contributed by atoms with E-state index in [2.05, 4.69) is 0 Å². The summed E-state index contributed by atoms with van der Waals surface area (Å²) in [5.74, 6) is 1.22. The Hall–Kier alpha value is -0.240. The minimum Gasteiger partial charge on any atom is -0.396 e. The summed E-state index contributed by atoms with van der Waals surface area (Å²) in [5.41, 5.74) is 1.25. The quantitative estimate of drug-likeness (QED) is 0.844. The lowest BCUT2D eigenvalue weighted by Crippen LogP contribution is -1.88. The van der Waals surface area contributed by atoms with E-state index >= 15 is 0 Å². The zero-order valence-electron chi connectivity index (χ0n) is 7.71. The molecule has 1 N–H and O–H groups in total. The van der Waals surface area contributed by atoms with Crippen molar-refractivity contribution in [3.63, 3.8) is 0 Å². The summed E-state index contributed by atoms with van der Waals surface area (Å²) in [6, 6.07) is 5.80. The predicted molar refractivity (Wildman–Crippen MR) is 59.0 cm³/mol. The van der Waals surface area contributed by atoms with Gasteiger partial charge in [0.15, 0.2) is 0 Å². The van der Waals surface area contributed by atoms with Crippen molar-refractivity contribution < 1.29 is 5.11 Å². The molecule has 1 aromatic carbocycles. The van der Waals surface area contributed by atoms with Gasteiger partial charge in [-0.25, -0.2) is 0 Å². The normalized spacial score (nSPS) is 25.1. The van der Waals surface area contributed by atoms with Crippen LogP contribution >= 0.6 is 23.2 Å². The summed E-state index contributed by atoms with van der Waals surface area (Å²) >= 11 is 11.8. The van der Waals surface area contributed by atoms with Gasteiger partial charge in [0.1, 0.15) is 0 Å². The molecule has 0 saturated heterocycles. The standard InChI is InChI=1S/C11H12Cl2O/c12-10-2-1-7(6-11(10)13)9-5-8(9)3-4-14/h1-2,6,8-9,14H,3-5H2/t8-,9+/m1/s1. The van der Waals surface area contributed by atoms with Gasteiger partial charge in [0, 0.05) is 6.61 Å². The van der Waals surface area contributed by atoms with Crippen molar-refractivity contribution in [3.05, 3.63) is 33.8 Å². The Bertz CT molecular complexity index is 338. The van der Waals surface area contributed by atoms with Crippen LogP contribution < -0.4 is 0 Å². The molecule has 1 aliphatic rings. The number of aliphatic hydroxyl groups is 1. The Labute approximate surface area is 93.7 Å². The smallest absolute Gasteiger partial charge is 0.0595 e. The second-order valence-corrected chi connectivity index (χ2v) is 4.60. The maximum Gasteiger partial charge on any atom is 0.0595 e. The number of aliphatic hydroxyl groups excluding tert-OH is 1. The topological polar surface area (TPSA) is 20.2 Å². The second kappa shape index (κ2) is 4.09. The molecule has 3 heteroatoms. The molecule has 2 atom stereocenters. The third-order valence-electron chi connectivity index (χ3n) is 2.79. The fourth-order valence-corrected chi connectivity index (χ4v) is 2.19. The molecule has 0 aliphatic heterocycles. The number of halogens is 2. The minimum absolute atomic E-state index is 0.280. The molecular formula is C11H12Cl2O. The van der Waals surface area contributed by atoms with E-state index in [1.807, 2.05) is 18.2 Å². The van der Waals surface area contributed by atoms with Crippen LogP contribution in [-0.4, -0.2) is 11.7 Å². The summed E-state index contributed by atoms with van der Waals surface area (Å²) < 4.78 is 0. The summed E-state index contributed by atoms with van der Waals surface area (Å²) in [7, 11) is 0. The molecule has 1 nitrogen and oxygen atoms in total. The van der Waals surface area contributed by atoms with E-state index in [1.165, 1.54) is 12.0 Å². The molecule has 76 valence electrons. The van der Waals surface area contributed by atoms with Gasteiger partial charge < -0.3 is 5.11 Å². The van der Waals surface area contributed by atoms with Crippen molar-refractivity contribution in [2.45, 2.75) is 18.8 Å². The maximum atomic E-state index is 8.79. The van der Waals surface area contributed by atoms with Gasteiger partial charge in [-0.3, -0.25) is 0 Å². The Morgan fingerprint density at radius 2 is 2.07 bits per heavy atom. The first-order chi connectivity index (χ1) is 6.72. The molecule has 0 amide bonds. The lowest BCUT2D eigenvalue weighted by atomic mass is 10.1. The Balaban J connectivity index is 2.08. The third-order valence-corrected chi connectivity index (χ3v) is 3.53. The molecule has 0 bridgehead atoms. The van der Waals surface area contributed by atoms with Gasteiger partial charge in [0.25, 0.3) is 0 Å². The van der Waals surface area contributed by atoms with Crippen LogP contribution in [0, 0.1) is 5.92 Å². The van der Waals surface area contributed by atoms with Crippen LogP contribution in [0.15, 0.2) is 18.2 Å². The van der Waals surface area contributed by atoms with E-state index in [0.29, 0.717) is 21.9 Å². The predicted octanol–water partition coefficient (Wildman–Crippen LogP) is 3.48. The van der Waals surface area contributed by atoms with Crippen LogP contribution in [0.2, 0.25) is 10.0 Å². The van der Waals surface area contributed by atoms with E-state index in [0.717, 1.165) is 6.42 Å². The van der Waals surface area contributed by atoms with Crippen LogP contribution in [-0.2, 0) is 0 Å². The van der Waals surface area contributed by atoms with Gasteiger partial charge in [-0.2, -0.15) is 0 Å². The number of benzene rings is 1. The number of hydrogen-bond acceptors (Lipinski definition) is 1. The fraction of sp³-hybridized carbons (Fsp3) is 0.455. The highest BCUT2D eigenvalue weighted by molar-refractivity contribution is 6.42. The zero-order chi connectivity index (χ0) is 10.1. The van der Waals surface area contributed by atoms with Crippen molar-refractivity contribution in [3.8, 4) is 0 Å². The molecule has 0 aromatic heterocycles. The van der Waals surface area contributed by atoms with Crippen molar-refractivity contribution in [1.82, 2.24) is 0 Å². The first-order valence-corrected chi connectivity index (χ1v) is 5.53. The Morgan fingerprint density at radius 1 is 1.29 bits per heavy atom. The summed E-state index contributed by atoms with van der Waals surface area (Å²) in [6.45, 7) is 0.280. The van der Waals surface area contributed by atoms with Crippen molar-refractivity contribution in [2.75, 3.05) is 6.61 Å². The van der Waals surface area contributed by atoms with Gasteiger partial charge in [-0.1, -0.05) is 29.3 Å². The number of rotatable bonds is 3. The Morgan fingerprint density at radius 3 is 2.71 bits per heavy atom. The zero-order valence-corrected chi connectivity index (χ0v) is 9.22. The molecule has 0 spiro atoms. The highest BCUT2D eigenvalue weighted by Crippen LogP contribution is 2.50. The summed E-state index contributed by atoms with van der Waals surface area (Å²) in [5, 5.41) is 10.0. The maximum absolute atomic E-state index is 8.79. The molecule has 2 rings (SSSR count). The third kappa shape index (κ3) is 2.05. The van der Waals surface area contributed by atoms with Crippen molar-refractivity contribution in [2.24, 2.45) is 5.92 Å². The van der Waals surface area contributed by atoms with Crippen molar-refractivity contribution in [1.29, 1.82) is 0 Å². The van der Waals surface area contributed by atoms with E-state index in [1.54, 1.807) is 0 Å². The molecule has 0 radical (unpaired) electrons. The molecule has 1 fully saturated rings. The Kier molecular flexibility index (Phi) is 3.01. The van der Waals surface area contributed by atoms with Crippen LogP contribution in [0.3, 0.4) is 0 Å². The second-order valence-electron chi connectivity index (χ2n) is 3.79. The lowest BCUT2D eigenvalue weighted by molar-refractivity contribution is 0.279. The van der Waals surface area contributed by atoms with Gasteiger partial charge in [0.05, 0.1) is 10.0 Å². The van der Waals surface area contributed by atoms with Crippen LogP contribution in [0.4, 0.5) is 0 Å². The highest BCUT2D eigenvalue weighted by Gasteiger charge is 2.37. The van der Waals surface area contributed by atoms with E-state index in [4.69, 9.17) is 28.3 Å². The van der Waals surface area contributed by atoms with Gasteiger partial charge in [-0.05, 0) is 42.4 Å². The SMILES string of the molecule is OCC[C@@H]1C[C@H]1c1ccc(Cl)c(Cl)c1. The van der Waals surface area contributed by atoms with E-state index < -0.39 is 0 Å². The molecule has 1 aliphatic carbocycles. The van der Waals surface area contributed by atoms with Gasteiger partial charge >= 0.3 is 0 Å². The highest BCUT2D eigenvalue weighted by atomic mass is 35.5. The molecule has 0 heterocycles. The molecule has 1 saturated carbocycles. The fourth-order valence-electron chi connectivity index (χ4n) is 1.88. The minimum atomic E-state index is 0.280. The first kappa shape index (κ1) is 10.3. The van der Waals surface area contributed by atoms with Crippen LogP contribution in [0.1, 0.15) is 24.3 Å². The molecule has 1 aromatic rings. The summed E-state index contributed by atoms with van der Waals surface area (Å²) in [4.78, 5) is 0. The average molecular weight is 231 g/mol. The van der Waals surface area contributed by atoms with E-state index in [9.17, 15) is 0 Å². The first-order valence-electron chi connectivity index (χ1n) is 4.78. The molecule has 0 unspecified atom stereocenters. The largest absolute Gasteiger partial charge is 0.396 e. The van der Waals surface area contributed by atoms with Crippen molar-refractivity contribution >= 4 is 23.2 Å². The van der Waals surface area contributed by atoms with Gasteiger partial charge in [0.2, 0.25) is 0 Å². The van der Waals surface area contributed by atoms with Gasteiger partial charge in [-0.15, -0.1) is 0 Å². The van der Waals surface area contributed by atoms with Crippen LogP contribution in [0.5, 0.6) is 0 Å². The summed E-state index contributed by atoms with van der Waals surface area (Å²) in [6.07, 6.45) is 2.06. The average Bonchev–Trinajstić information content (AvgIpc) is 2.90. The molecule has 14 heavy (non-hydrogen) atoms. The number of hydrogen-bond donors (Lipinski definition) is 1. The van der Waals surface area contributed by atoms with E-state index in [-0.39, 0.29) is 6.61 Å². The van der Waals surface area contributed by atoms with Crippen LogP contribution in [0.25, 0.3) is 0 Å².